The van der Waals surface area contributed by atoms with Gasteiger partial charge < -0.3 is 5.11 Å². The summed E-state index contributed by atoms with van der Waals surface area (Å²) in [6, 6.07) is 0. The summed E-state index contributed by atoms with van der Waals surface area (Å²) < 4.78 is 1.90. The molecule has 0 saturated carbocycles. The summed E-state index contributed by atoms with van der Waals surface area (Å²) in [4.78, 5) is 4.52. The number of aliphatic hydroxyl groups excluding tert-OH is 1. The summed E-state index contributed by atoms with van der Waals surface area (Å²) in [7, 11) is 0. The zero-order valence-corrected chi connectivity index (χ0v) is 10.8. The van der Waals surface area contributed by atoms with Gasteiger partial charge in [-0.3, -0.25) is 0 Å². The van der Waals surface area contributed by atoms with Crippen molar-refractivity contribution in [3.63, 3.8) is 0 Å². The maximum absolute atomic E-state index is 9.85. The van der Waals surface area contributed by atoms with E-state index in [0.29, 0.717) is 0 Å². The first-order valence-electron chi connectivity index (χ1n) is 6.52. The third kappa shape index (κ3) is 2.50. The Hall–Kier alpha value is -0.550. The monoisotopic (exact) mass is 253 g/mol. The van der Waals surface area contributed by atoms with Crippen LogP contribution in [0.3, 0.4) is 0 Å². The zero-order chi connectivity index (χ0) is 11.7. The number of aromatic nitrogens is 3. The van der Waals surface area contributed by atoms with Gasteiger partial charge in [0, 0.05) is 13.0 Å². The first-order chi connectivity index (χ1) is 8.33. The smallest absolute Gasteiger partial charge is 0.156 e. The minimum absolute atomic E-state index is 0.396. The van der Waals surface area contributed by atoms with Crippen LogP contribution in [0.25, 0.3) is 0 Å². The Morgan fingerprint density at radius 1 is 1.29 bits per heavy atom. The second-order valence-electron chi connectivity index (χ2n) is 5.03. The standard InChI is InChI=1S/C12H19N3OS/c16-10-2-1-5-15-12(10)13-11(14-15)8-9-3-6-17-7-4-9/h9-10,16H,1-8H2. The van der Waals surface area contributed by atoms with E-state index >= 15 is 0 Å². The minimum atomic E-state index is -0.396. The van der Waals surface area contributed by atoms with E-state index in [9.17, 15) is 5.11 Å². The summed E-state index contributed by atoms with van der Waals surface area (Å²) >= 11 is 2.05. The normalized spacial score (nSPS) is 25.8. The summed E-state index contributed by atoms with van der Waals surface area (Å²) in [5, 5.41) is 14.4. The second-order valence-corrected chi connectivity index (χ2v) is 6.25. The molecule has 2 aliphatic rings. The molecular weight excluding hydrogens is 234 g/mol. The van der Waals surface area contributed by atoms with Gasteiger partial charge in [0.15, 0.2) is 11.6 Å². The van der Waals surface area contributed by atoms with Gasteiger partial charge in [0.25, 0.3) is 0 Å². The highest BCUT2D eigenvalue weighted by molar-refractivity contribution is 7.99. The molecule has 1 unspecified atom stereocenters. The van der Waals surface area contributed by atoms with E-state index in [0.717, 1.165) is 43.4 Å². The summed E-state index contributed by atoms with van der Waals surface area (Å²) in [5.74, 6) is 5.04. The Kier molecular flexibility index (Phi) is 3.38. The average molecular weight is 253 g/mol. The molecule has 1 fully saturated rings. The summed E-state index contributed by atoms with van der Waals surface area (Å²) in [5.41, 5.74) is 0. The van der Waals surface area contributed by atoms with E-state index in [1.807, 2.05) is 4.68 Å². The Bertz CT molecular complexity index is 387. The number of hydrogen-bond acceptors (Lipinski definition) is 4. The van der Waals surface area contributed by atoms with Crippen LogP contribution in [-0.2, 0) is 13.0 Å². The van der Waals surface area contributed by atoms with Gasteiger partial charge in [-0.25, -0.2) is 9.67 Å². The number of nitrogens with zero attached hydrogens (tertiary/aromatic N) is 3. The molecule has 0 aromatic carbocycles. The molecule has 4 nitrogen and oxygen atoms in total. The molecule has 1 N–H and O–H groups in total. The lowest BCUT2D eigenvalue weighted by Crippen LogP contribution is -2.16. The average Bonchev–Trinajstić information content (AvgIpc) is 2.74. The first-order valence-corrected chi connectivity index (χ1v) is 7.68. The van der Waals surface area contributed by atoms with Gasteiger partial charge in [0.2, 0.25) is 0 Å². The van der Waals surface area contributed by atoms with Gasteiger partial charge in [-0.2, -0.15) is 16.9 Å². The Morgan fingerprint density at radius 2 is 2.12 bits per heavy atom. The van der Waals surface area contributed by atoms with E-state index in [1.54, 1.807) is 0 Å². The van der Waals surface area contributed by atoms with Crippen LogP contribution in [0.4, 0.5) is 0 Å². The van der Waals surface area contributed by atoms with Crippen LogP contribution in [0.15, 0.2) is 0 Å². The van der Waals surface area contributed by atoms with Crippen molar-refractivity contribution in [1.82, 2.24) is 14.8 Å². The SMILES string of the molecule is OC1CCCn2nc(CC3CCSCC3)nc21. The minimum Gasteiger partial charge on any atom is -0.385 e. The fourth-order valence-electron chi connectivity index (χ4n) is 2.67. The van der Waals surface area contributed by atoms with Crippen LogP contribution < -0.4 is 0 Å². The number of thioether (sulfide) groups is 1. The maximum Gasteiger partial charge on any atom is 0.156 e. The lowest BCUT2D eigenvalue weighted by atomic mass is 9.99. The fourth-order valence-corrected chi connectivity index (χ4v) is 3.88. The largest absolute Gasteiger partial charge is 0.385 e. The molecule has 5 heteroatoms. The molecule has 3 rings (SSSR count). The van der Waals surface area contributed by atoms with E-state index in [2.05, 4.69) is 21.8 Å². The van der Waals surface area contributed by atoms with E-state index < -0.39 is 6.10 Å². The predicted octanol–water partition coefficient (Wildman–Crippen LogP) is 1.79. The molecule has 0 bridgehead atoms. The molecule has 3 heterocycles. The number of fused-ring (bicyclic) bond motifs is 1. The number of aliphatic hydroxyl groups is 1. The number of aryl methyl sites for hydroxylation is 1. The molecule has 0 amide bonds. The molecule has 1 aromatic heterocycles. The molecule has 17 heavy (non-hydrogen) atoms. The van der Waals surface area contributed by atoms with E-state index in [1.165, 1.54) is 24.3 Å². The number of rotatable bonds is 2. The van der Waals surface area contributed by atoms with Gasteiger partial charge in [-0.05, 0) is 43.1 Å². The van der Waals surface area contributed by atoms with Crippen molar-refractivity contribution in [3.8, 4) is 0 Å². The van der Waals surface area contributed by atoms with Crippen LogP contribution >= 0.6 is 11.8 Å². The van der Waals surface area contributed by atoms with Crippen molar-refractivity contribution < 1.29 is 5.11 Å². The Morgan fingerprint density at radius 3 is 2.88 bits per heavy atom. The van der Waals surface area contributed by atoms with Crippen LogP contribution in [0.2, 0.25) is 0 Å². The van der Waals surface area contributed by atoms with Crippen molar-refractivity contribution in [2.75, 3.05) is 11.5 Å². The maximum atomic E-state index is 9.85. The lowest BCUT2D eigenvalue weighted by molar-refractivity contribution is 0.130. The van der Waals surface area contributed by atoms with Gasteiger partial charge in [0.1, 0.15) is 6.10 Å². The van der Waals surface area contributed by atoms with Crippen molar-refractivity contribution in [3.05, 3.63) is 11.6 Å². The molecular formula is C12H19N3OS. The van der Waals surface area contributed by atoms with Crippen LogP contribution in [0, 0.1) is 5.92 Å². The van der Waals surface area contributed by atoms with Gasteiger partial charge in [0.05, 0.1) is 0 Å². The van der Waals surface area contributed by atoms with Gasteiger partial charge in [-0.15, -0.1) is 0 Å². The highest BCUT2D eigenvalue weighted by Crippen LogP contribution is 2.27. The van der Waals surface area contributed by atoms with E-state index in [-0.39, 0.29) is 0 Å². The van der Waals surface area contributed by atoms with Crippen LogP contribution in [0.5, 0.6) is 0 Å². The highest BCUT2D eigenvalue weighted by Gasteiger charge is 2.23. The second kappa shape index (κ2) is 4.98. The van der Waals surface area contributed by atoms with Gasteiger partial charge >= 0.3 is 0 Å². The zero-order valence-electron chi connectivity index (χ0n) is 10.0. The molecule has 0 aliphatic carbocycles. The Labute approximate surface area is 106 Å². The topological polar surface area (TPSA) is 50.9 Å². The van der Waals surface area contributed by atoms with Crippen molar-refractivity contribution in [2.45, 2.75) is 44.8 Å². The van der Waals surface area contributed by atoms with E-state index in [4.69, 9.17) is 0 Å². The third-order valence-electron chi connectivity index (χ3n) is 3.70. The predicted molar refractivity (Wildman–Crippen MR) is 68.0 cm³/mol. The molecule has 1 atom stereocenters. The quantitative estimate of drug-likeness (QED) is 0.873. The molecule has 0 radical (unpaired) electrons. The van der Waals surface area contributed by atoms with Crippen LogP contribution in [-0.4, -0.2) is 31.4 Å². The molecule has 94 valence electrons. The van der Waals surface area contributed by atoms with Gasteiger partial charge in [-0.1, -0.05) is 0 Å². The molecule has 1 saturated heterocycles. The van der Waals surface area contributed by atoms with Crippen molar-refractivity contribution in [2.24, 2.45) is 5.92 Å². The fraction of sp³-hybridized carbons (Fsp3) is 0.833. The highest BCUT2D eigenvalue weighted by atomic mass is 32.2. The molecule has 1 aromatic rings. The Balaban J connectivity index is 1.71. The summed E-state index contributed by atoms with van der Waals surface area (Å²) in [6.07, 6.45) is 5.02. The number of hydrogen-bond donors (Lipinski definition) is 1. The molecule has 0 spiro atoms. The van der Waals surface area contributed by atoms with Crippen molar-refractivity contribution in [1.29, 1.82) is 0 Å². The van der Waals surface area contributed by atoms with Crippen molar-refractivity contribution >= 4 is 11.8 Å². The third-order valence-corrected chi connectivity index (χ3v) is 4.75. The molecule has 2 aliphatic heterocycles. The van der Waals surface area contributed by atoms with Crippen LogP contribution in [0.1, 0.15) is 43.4 Å². The lowest BCUT2D eigenvalue weighted by Gasteiger charge is -2.19. The first kappa shape index (κ1) is 11.5. The summed E-state index contributed by atoms with van der Waals surface area (Å²) in [6.45, 7) is 0.917.